The van der Waals surface area contributed by atoms with Gasteiger partial charge >= 0.3 is 0 Å². The van der Waals surface area contributed by atoms with E-state index in [0.29, 0.717) is 16.6 Å². The highest BCUT2D eigenvalue weighted by atomic mass is 35.5. The molecule has 1 aliphatic rings. The standard InChI is InChI=1S/C17H16ClFN2O2/c1-21(23-2)17(22)14-9-12(19)5-6-13(14)11-7-15(10-3-4-10)20-16(18)8-11/h5-10H,3-4H2,1-2H3. The molecule has 1 aromatic carbocycles. The first-order chi connectivity index (χ1) is 11.0. The van der Waals surface area contributed by atoms with Gasteiger partial charge in [0.1, 0.15) is 11.0 Å². The fourth-order valence-corrected chi connectivity index (χ4v) is 2.67. The summed E-state index contributed by atoms with van der Waals surface area (Å²) in [5, 5.41) is 1.43. The number of hydrogen-bond donors (Lipinski definition) is 0. The summed E-state index contributed by atoms with van der Waals surface area (Å²) < 4.78 is 13.6. The van der Waals surface area contributed by atoms with Gasteiger partial charge in [0.15, 0.2) is 0 Å². The van der Waals surface area contributed by atoms with Crippen LogP contribution < -0.4 is 0 Å². The van der Waals surface area contributed by atoms with Gasteiger partial charge in [-0.3, -0.25) is 9.63 Å². The van der Waals surface area contributed by atoms with Gasteiger partial charge in [-0.05, 0) is 48.2 Å². The normalized spacial score (nSPS) is 13.9. The second-order valence-electron chi connectivity index (χ2n) is 5.55. The average Bonchev–Trinajstić information content (AvgIpc) is 3.37. The number of pyridine rings is 1. The number of halogens is 2. The summed E-state index contributed by atoms with van der Waals surface area (Å²) in [5.41, 5.74) is 2.49. The Kier molecular flexibility index (Phi) is 4.33. The first-order valence-electron chi connectivity index (χ1n) is 7.29. The lowest BCUT2D eigenvalue weighted by molar-refractivity contribution is -0.0756. The first-order valence-corrected chi connectivity index (χ1v) is 7.67. The van der Waals surface area contributed by atoms with Crippen molar-refractivity contribution in [3.05, 3.63) is 52.6 Å². The van der Waals surface area contributed by atoms with Crippen molar-refractivity contribution in [2.75, 3.05) is 14.2 Å². The molecule has 0 atom stereocenters. The fourth-order valence-electron chi connectivity index (χ4n) is 2.46. The number of amides is 1. The molecule has 0 N–H and O–H groups in total. The lowest BCUT2D eigenvalue weighted by atomic mass is 9.98. The molecule has 1 saturated carbocycles. The van der Waals surface area contributed by atoms with Gasteiger partial charge < -0.3 is 0 Å². The number of rotatable bonds is 4. The minimum Gasteiger partial charge on any atom is -0.274 e. The minimum absolute atomic E-state index is 0.221. The van der Waals surface area contributed by atoms with Crippen molar-refractivity contribution in [1.82, 2.24) is 10.0 Å². The largest absolute Gasteiger partial charge is 0.277 e. The molecule has 0 radical (unpaired) electrons. The molecule has 0 saturated heterocycles. The Morgan fingerprint density at radius 3 is 2.74 bits per heavy atom. The fraction of sp³-hybridized carbons (Fsp3) is 0.294. The predicted octanol–water partition coefficient (Wildman–Crippen LogP) is 4.05. The molecule has 1 heterocycles. The van der Waals surface area contributed by atoms with E-state index in [9.17, 15) is 9.18 Å². The number of hydrogen-bond acceptors (Lipinski definition) is 3. The van der Waals surface area contributed by atoms with E-state index in [1.54, 1.807) is 12.1 Å². The summed E-state index contributed by atoms with van der Waals surface area (Å²) in [6.07, 6.45) is 2.18. The van der Waals surface area contributed by atoms with Gasteiger partial charge in [0.05, 0.1) is 12.7 Å². The molecule has 1 aromatic heterocycles. The second-order valence-corrected chi connectivity index (χ2v) is 5.94. The van der Waals surface area contributed by atoms with Gasteiger partial charge in [0.2, 0.25) is 0 Å². The number of carbonyl (C=O) groups is 1. The van der Waals surface area contributed by atoms with Gasteiger partial charge in [0, 0.05) is 18.7 Å². The van der Waals surface area contributed by atoms with Crippen LogP contribution in [0.3, 0.4) is 0 Å². The van der Waals surface area contributed by atoms with E-state index in [2.05, 4.69) is 4.98 Å². The molecule has 0 aliphatic heterocycles. The van der Waals surface area contributed by atoms with E-state index in [1.165, 1.54) is 26.3 Å². The number of carbonyl (C=O) groups excluding carboxylic acids is 1. The molecule has 0 spiro atoms. The zero-order valence-electron chi connectivity index (χ0n) is 12.8. The van der Waals surface area contributed by atoms with Crippen molar-refractivity contribution in [2.45, 2.75) is 18.8 Å². The Bertz CT molecular complexity index is 762. The zero-order valence-corrected chi connectivity index (χ0v) is 13.6. The van der Waals surface area contributed by atoms with Crippen LogP contribution in [-0.2, 0) is 4.84 Å². The molecule has 3 rings (SSSR count). The molecule has 2 aromatic rings. The summed E-state index contributed by atoms with van der Waals surface area (Å²) in [7, 11) is 2.86. The van der Waals surface area contributed by atoms with Crippen molar-refractivity contribution >= 4 is 17.5 Å². The maximum atomic E-state index is 13.6. The molecule has 4 nitrogen and oxygen atoms in total. The van der Waals surface area contributed by atoms with Crippen molar-refractivity contribution in [3.63, 3.8) is 0 Å². The highest BCUT2D eigenvalue weighted by Gasteiger charge is 2.26. The summed E-state index contributed by atoms with van der Waals surface area (Å²) in [6, 6.07) is 7.71. The third kappa shape index (κ3) is 3.35. The van der Waals surface area contributed by atoms with Crippen LogP contribution in [0, 0.1) is 5.82 Å². The van der Waals surface area contributed by atoms with Crippen LogP contribution in [0.5, 0.6) is 0 Å². The van der Waals surface area contributed by atoms with Crippen LogP contribution in [0.2, 0.25) is 5.15 Å². The van der Waals surface area contributed by atoms with Crippen LogP contribution in [0.15, 0.2) is 30.3 Å². The molecule has 0 bridgehead atoms. The van der Waals surface area contributed by atoms with Gasteiger partial charge in [-0.1, -0.05) is 17.7 Å². The maximum Gasteiger partial charge on any atom is 0.277 e. The topological polar surface area (TPSA) is 42.4 Å². The number of nitrogens with zero attached hydrogens (tertiary/aromatic N) is 2. The summed E-state index contributed by atoms with van der Waals surface area (Å²) in [6.45, 7) is 0. The van der Waals surface area contributed by atoms with Gasteiger partial charge in [-0.25, -0.2) is 14.4 Å². The van der Waals surface area contributed by atoms with E-state index in [4.69, 9.17) is 16.4 Å². The molecular weight excluding hydrogens is 319 g/mol. The Labute approximate surface area is 138 Å². The minimum atomic E-state index is -0.482. The Hall–Kier alpha value is -1.98. The van der Waals surface area contributed by atoms with Gasteiger partial charge in [-0.2, -0.15) is 0 Å². The maximum absolute atomic E-state index is 13.6. The highest BCUT2D eigenvalue weighted by molar-refractivity contribution is 6.29. The van der Waals surface area contributed by atoms with Crippen LogP contribution in [0.25, 0.3) is 11.1 Å². The summed E-state index contributed by atoms with van der Waals surface area (Å²) in [5.74, 6) is -0.485. The third-order valence-electron chi connectivity index (χ3n) is 3.89. The molecule has 1 amide bonds. The molecule has 23 heavy (non-hydrogen) atoms. The summed E-state index contributed by atoms with van der Waals surface area (Å²) >= 11 is 6.12. The Morgan fingerprint density at radius 2 is 2.09 bits per heavy atom. The van der Waals surface area contributed by atoms with E-state index in [1.807, 2.05) is 6.07 Å². The highest BCUT2D eigenvalue weighted by Crippen LogP contribution is 2.41. The summed E-state index contributed by atoms with van der Waals surface area (Å²) in [4.78, 5) is 21.7. The number of benzene rings is 1. The quantitative estimate of drug-likeness (QED) is 0.625. The molecule has 120 valence electrons. The predicted molar refractivity (Wildman–Crippen MR) is 85.7 cm³/mol. The Morgan fingerprint density at radius 1 is 1.35 bits per heavy atom. The third-order valence-corrected chi connectivity index (χ3v) is 4.09. The van der Waals surface area contributed by atoms with E-state index in [0.717, 1.165) is 29.2 Å². The van der Waals surface area contributed by atoms with Crippen LogP contribution in [0.4, 0.5) is 4.39 Å². The number of hydroxylamine groups is 2. The molecule has 1 aliphatic carbocycles. The van der Waals surface area contributed by atoms with E-state index < -0.39 is 11.7 Å². The van der Waals surface area contributed by atoms with E-state index >= 15 is 0 Å². The molecule has 0 unspecified atom stereocenters. The van der Waals surface area contributed by atoms with E-state index in [-0.39, 0.29) is 5.56 Å². The SMILES string of the molecule is CON(C)C(=O)c1cc(F)ccc1-c1cc(Cl)nc(C2CC2)c1. The lowest BCUT2D eigenvalue weighted by Gasteiger charge is -2.17. The van der Waals surface area contributed by atoms with Crippen LogP contribution in [0.1, 0.15) is 34.8 Å². The lowest BCUT2D eigenvalue weighted by Crippen LogP contribution is -2.26. The average molecular weight is 335 g/mol. The van der Waals surface area contributed by atoms with Crippen LogP contribution >= 0.6 is 11.6 Å². The smallest absolute Gasteiger partial charge is 0.274 e. The Balaban J connectivity index is 2.11. The monoisotopic (exact) mass is 334 g/mol. The second kappa shape index (κ2) is 6.26. The first kappa shape index (κ1) is 15.9. The molecule has 1 fully saturated rings. The number of aromatic nitrogens is 1. The van der Waals surface area contributed by atoms with Gasteiger partial charge in [0.25, 0.3) is 5.91 Å². The molecular formula is C17H16ClFN2O2. The van der Waals surface area contributed by atoms with Crippen molar-refractivity contribution < 1.29 is 14.0 Å². The van der Waals surface area contributed by atoms with Crippen molar-refractivity contribution in [2.24, 2.45) is 0 Å². The van der Waals surface area contributed by atoms with Gasteiger partial charge in [-0.15, -0.1) is 0 Å². The van der Waals surface area contributed by atoms with Crippen LogP contribution in [-0.4, -0.2) is 30.1 Å². The zero-order chi connectivity index (χ0) is 16.6. The van der Waals surface area contributed by atoms with Crippen molar-refractivity contribution in [3.8, 4) is 11.1 Å². The van der Waals surface area contributed by atoms with Crippen molar-refractivity contribution in [1.29, 1.82) is 0 Å². The molecule has 6 heteroatoms.